The molecule has 0 aromatic rings. The highest BCUT2D eigenvalue weighted by Gasteiger charge is 2.46. The first kappa shape index (κ1) is 41.0. The summed E-state index contributed by atoms with van der Waals surface area (Å²) in [5.74, 6) is 0. The minimum Gasteiger partial charge on any atom is -0.436 e. The van der Waals surface area contributed by atoms with Crippen LogP contribution in [0.5, 0.6) is 0 Å². The van der Waals surface area contributed by atoms with Crippen LogP contribution in [0.3, 0.4) is 0 Å². The fourth-order valence-electron chi connectivity index (χ4n) is 4.75. The Morgan fingerprint density at radius 2 is 0.675 bits per heavy atom. The van der Waals surface area contributed by atoms with E-state index < -0.39 is 62.6 Å². The molecule has 0 aliphatic heterocycles. The first-order valence-electron chi connectivity index (χ1n) is 15.0. The summed E-state index contributed by atoms with van der Waals surface area (Å²) in [6, 6.07) is 0. The van der Waals surface area contributed by atoms with E-state index in [4.69, 9.17) is 25.9 Å². The molecule has 0 amide bonds. The zero-order valence-corrected chi connectivity index (χ0v) is 34.9. The SMILES string of the molecule is CC(CCO[C@@H](CO)[C@@H](CO)OCCC(C)[Si](C)(O[Si](C)(C)C)O[Si](C)(C)C)[Si](C)(O[Si](C)(C)C)O[Si](C)(C)C. The molecule has 0 rings (SSSR count). The van der Waals surface area contributed by atoms with Crippen molar-refractivity contribution in [2.45, 2.75) is 142 Å². The molecule has 242 valence electrons. The Balaban J connectivity index is 5.22. The molecule has 0 saturated carbocycles. The third-order valence-electron chi connectivity index (χ3n) is 6.37. The van der Waals surface area contributed by atoms with Crippen LogP contribution in [0.2, 0.25) is 103 Å². The van der Waals surface area contributed by atoms with E-state index in [-0.39, 0.29) is 24.3 Å². The summed E-state index contributed by atoms with van der Waals surface area (Å²) in [7, 11) is -12.1. The molecule has 0 saturated heterocycles. The van der Waals surface area contributed by atoms with Crippen LogP contribution in [0.4, 0.5) is 0 Å². The Morgan fingerprint density at radius 3 is 0.850 bits per heavy atom. The average Bonchev–Trinajstić information content (AvgIpc) is 2.68. The predicted octanol–water partition coefficient (Wildman–Crippen LogP) is 6.85. The summed E-state index contributed by atoms with van der Waals surface area (Å²) in [5, 5.41) is 20.2. The lowest BCUT2D eigenvalue weighted by Crippen LogP contribution is -2.55. The molecule has 40 heavy (non-hydrogen) atoms. The van der Waals surface area contributed by atoms with E-state index in [2.05, 4.69) is 106 Å². The van der Waals surface area contributed by atoms with Gasteiger partial charge in [-0.25, -0.2) is 0 Å². The summed E-state index contributed by atoms with van der Waals surface area (Å²) in [5.41, 5.74) is 0.444. The second-order valence-corrected chi connectivity index (χ2v) is 41.7. The molecular weight excluding hydrogens is 609 g/mol. The lowest BCUT2D eigenvalue weighted by Gasteiger charge is -2.42. The van der Waals surface area contributed by atoms with Crippen molar-refractivity contribution in [2.24, 2.45) is 0 Å². The molecule has 0 aromatic heterocycles. The van der Waals surface area contributed by atoms with Crippen molar-refractivity contribution >= 4 is 50.4 Å². The highest BCUT2D eigenvalue weighted by Crippen LogP contribution is 2.34. The van der Waals surface area contributed by atoms with Gasteiger partial charge in [-0.05, 0) is 104 Å². The van der Waals surface area contributed by atoms with Gasteiger partial charge in [0, 0.05) is 24.3 Å². The van der Waals surface area contributed by atoms with E-state index in [9.17, 15) is 10.2 Å². The third-order valence-corrected chi connectivity index (χ3v) is 26.8. The van der Waals surface area contributed by atoms with Crippen LogP contribution in [-0.2, 0) is 25.9 Å². The normalized spacial score (nSPS) is 17.6. The van der Waals surface area contributed by atoms with Crippen LogP contribution >= 0.6 is 0 Å². The van der Waals surface area contributed by atoms with Gasteiger partial charge in [-0.2, -0.15) is 0 Å². The van der Waals surface area contributed by atoms with E-state index in [1.54, 1.807) is 0 Å². The van der Waals surface area contributed by atoms with E-state index in [0.717, 1.165) is 12.8 Å². The van der Waals surface area contributed by atoms with Crippen molar-refractivity contribution in [3.05, 3.63) is 0 Å². The van der Waals surface area contributed by atoms with E-state index in [1.165, 1.54) is 0 Å². The van der Waals surface area contributed by atoms with Crippen molar-refractivity contribution in [3.63, 3.8) is 0 Å². The smallest absolute Gasteiger partial charge is 0.317 e. The summed E-state index contributed by atoms with van der Waals surface area (Å²) in [6.45, 7) is 35.7. The molecule has 0 heterocycles. The second kappa shape index (κ2) is 16.3. The Morgan fingerprint density at radius 1 is 0.450 bits per heavy atom. The lowest BCUT2D eigenvalue weighted by molar-refractivity contribution is -0.110. The van der Waals surface area contributed by atoms with Crippen LogP contribution in [0.25, 0.3) is 0 Å². The van der Waals surface area contributed by atoms with Crippen molar-refractivity contribution in [1.82, 2.24) is 0 Å². The zero-order valence-electron chi connectivity index (χ0n) is 28.9. The maximum atomic E-state index is 10.1. The molecule has 0 bridgehead atoms. The summed E-state index contributed by atoms with van der Waals surface area (Å²) in [6.07, 6.45) is 0.317. The number of aliphatic hydroxyl groups excluding tert-OH is 2. The summed E-state index contributed by atoms with van der Waals surface area (Å²) in [4.78, 5) is 0. The molecule has 2 N–H and O–H groups in total. The van der Waals surface area contributed by atoms with Gasteiger partial charge in [0.05, 0.1) is 13.2 Å². The summed E-state index contributed by atoms with van der Waals surface area (Å²) < 4.78 is 38.9. The van der Waals surface area contributed by atoms with Gasteiger partial charge in [0.2, 0.25) is 0 Å². The number of hydrogen-bond acceptors (Lipinski definition) is 8. The molecule has 0 aliphatic rings. The Hall–Kier alpha value is 0.981. The highest BCUT2D eigenvalue weighted by molar-refractivity contribution is 6.89. The number of rotatable bonds is 21. The van der Waals surface area contributed by atoms with Crippen molar-refractivity contribution in [3.8, 4) is 0 Å². The quantitative estimate of drug-likeness (QED) is 0.128. The molecule has 0 aromatic carbocycles. The van der Waals surface area contributed by atoms with Gasteiger partial charge in [-0.3, -0.25) is 0 Å². The summed E-state index contributed by atoms with van der Waals surface area (Å²) >= 11 is 0. The monoisotopic (exact) mass is 674 g/mol. The minimum atomic E-state index is -2.44. The fraction of sp³-hybridized carbons (Fsp3) is 1.00. The Bertz CT molecular complexity index is 626. The molecule has 0 fully saturated rings. The number of ether oxygens (including phenoxy) is 2. The Labute approximate surface area is 253 Å². The van der Waals surface area contributed by atoms with Crippen LogP contribution in [0, 0.1) is 0 Å². The molecule has 8 nitrogen and oxygen atoms in total. The van der Waals surface area contributed by atoms with E-state index >= 15 is 0 Å². The van der Waals surface area contributed by atoms with Gasteiger partial charge in [0.25, 0.3) is 0 Å². The molecule has 0 aliphatic carbocycles. The molecular formula is C26H66O8Si6. The largest absolute Gasteiger partial charge is 0.436 e. The van der Waals surface area contributed by atoms with Gasteiger partial charge in [-0.15, -0.1) is 0 Å². The van der Waals surface area contributed by atoms with Crippen molar-refractivity contribution in [1.29, 1.82) is 0 Å². The molecule has 0 radical (unpaired) electrons. The minimum absolute atomic E-state index is 0.218. The van der Waals surface area contributed by atoms with Crippen molar-refractivity contribution in [2.75, 3.05) is 26.4 Å². The topological polar surface area (TPSA) is 95.8 Å². The molecule has 4 atom stereocenters. The fourth-order valence-corrected chi connectivity index (χ4v) is 29.8. The maximum Gasteiger partial charge on any atom is 0.317 e. The number of aliphatic hydroxyl groups is 2. The maximum absolute atomic E-state index is 10.1. The van der Waals surface area contributed by atoms with Crippen LogP contribution < -0.4 is 0 Å². The molecule has 14 heteroatoms. The number of hydrogen-bond donors (Lipinski definition) is 2. The first-order valence-corrected chi connectivity index (χ1v) is 33.4. The first-order chi connectivity index (χ1) is 17.8. The van der Waals surface area contributed by atoms with Gasteiger partial charge in [0.1, 0.15) is 12.2 Å². The van der Waals surface area contributed by atoms with E-state index in [0.29, 0.717) is 13.2 Å². The van der Waals surface area contributed by atoms with Crippen LogP contribution in [0.1, 0.15) is 26.7 Å². The highest BCUT2D eigenvalue weighted by atomic mass is 28.5. The van der Waals surface area contributed by atoms with Gasteiger partial charge < -0.3 is 36.1 Å². The lowest BCUT2D eigenvalue weighted by atomic mass is 10.2. The molecule has 0 spiro atoms. The standard InChI is InChI=1S/C26H66O8Si6/c1-23(39(15,31-35(3,4)5)32-36(6,7)8)17-19-29-25(21-27)26(22-28)30-20-18-24(2)40(16,33-37(9,10)11)34-38(12,13)14/h23-28H,17-22H2,1-16H3/t23?,24?,25-,26+. The van der Waals surface area contributed by atoms with Crippen LogP contribution in [-0.4, -0.2) is 99.2 Å². The van der Waals surface area contributed by atoms with Gasteiger partial charge >= 0.3 is 17.1 Å². The van der Waals surface area contributed by atoms with Crippen LogP contribution in [0.15, 0.2) is 0 Å². The Kier molecular flexibility index (Phi) is 16.7. The molecule has 2 unspecified atom stereocenters. The van der Waals surface area contributed by atoms with Gasteiger partial charge in [-0.1, -0.05) is 13.8 Å². The predicted molar refractivity (Wildman–Crippen MR) is 183 cm³/mol. The van der Waals surface area contributed by atoms with Gasteiger partial charge in [0.15, 0.2) is 33.3 Å². The zero-order chi connectivity index (χ0) is 31.8. The second-order valence-electron chi connectivity index (χ2n) is 15.5. The van der Waals surface area contributed by atoms with E-state index in [1.807, 2.05) is 0 Å². The third kappa shape index (κ3) is 17.3. The average molecular weight is 675 g/mol. The van der Waals surface area contributed by atoms with Crippen molar-refractivity contribution < 1.29 is 36.1 Å².